The van der Waals surface area contributed by atoms with Gasteiger partial charge in [0.15, 0.2) is 6.23 Å². The Labute approximate surface area is 208 Å². The lowest BCUT2D eigenvalue weighted by Crippen LogP contribution is -2.57. The zero-order chi connectivity index (χ0) is 24.5. The zero-order valence-corrected chi connectivity index (χ0v) is 20.6. The topological polar surface area (TPSA) is 87.7 Å². The Hall–Kier alpha value is -2.61. The minimum atomic E-state index is -1.01. The maximum atomic E-state index is 13.6. The van der Waals surface area contributed by atoms with Crippen molar-refractivity contribution in [2.24, 2.45) is 5.92 Å². The summed E-state index contributed by atoms with van der Waals surface area (Å²) in [5, 5.41) is 6.89. The predicted molar refractivity (Wildman–Crippen MR) is 131 cm³/mol. The van der Waals surface area contributed by atoms with Crippen LogP contribution in [0.2, 0.25) is 10.0 Å². The number of hydrogen-bond donors (Lipinski definition) is 2. The first-order valence-electron chi connectivity index (χ1n) is 11.3. The van der Waals surface area contributed by atoms with E-state index in [1.54, 1.807) is 25.1 Å². The highest BCUT2D eigenvalue weighted by Crippen LogP contribution is 2.45. The van der Waals surface area contributed by atoms with Gasteiger partial charge in [0.2, 0.25) is 11.8 Å². The fraction of sp³-hybridized carbons (Fsp3) is 0.400. The number of piperidine rings is 1. The van der Waals surface area contributed by atoms with E-state index in [1.807, 2.05) is 24.3 Å². The number of halogens is 2. The molecule has 2 aromatic rings. The van der Waals surface area contributed by atoms with Crippen molar-refractivity contribution in [2.45, 2.75) is 44.9 Å². The maximum Gasteiger partial charge on any atom is 0.304 e. The first kappa shape index (κ1) is 24.5. The Morgan fingerprint density at radius 1 is 1.24 bits per heavy atom. The van der Waals surface area contributed by atoms with Crippen molar-refractivity contribution in [1.29, 1.82) is 0 Å². The predicted octanol–water partition coefficient (Wildman–Crippen LogP) is 4.12. The number of hydrogen-bond acceptors (Lipinski definition) is 5. The van der Waals surface area contributed by atoms with E-state index in [2.05, 4.69) is 15.5 Å². The number of carbonyl (C=O) groups excluding carboxylic acids is 3. The van der Waals surface area contributed by atoms with Crippen molar-refractivity contribution >= 4 is 46.7 Å². The molecule has 34 heavy (non-hydrogen) atoms. The van der Waals surface area contributed by atoms with Crippen LogP contribution in [-0.2, 0) is 31.1 Å². The van der Waals surface area contributed by atoms with Crippen molar-refractivity contribution in [2.75, 3.05) is 18.4 Å². The second-order valence-corrected chi connectivity index (χ2v) is 9.73. The summed E-state index contributed by atoms with van der Waals surface area (Å²) in [6, 6.07) is 12.9. The normalized spacial score (nSPS) is 23.1. The van der Waals surface area contributed by atoms with Gasteiger partial charge in [0.05, 0.1) is 5.92 Å². The summed E-state index contributed by atoms with van der Waals surface area (Å²) in [5.41, 5.74) is 1.41. The molecule has 3 unspecified atom stereocenters. The summed E-state index contributed by atoms with van der Waals surface area (Å²) in [4.78, 5) is 39.9. The summed E-state index contributed by atoms with van der Waals surface area (Å²) < 4.78 is 5.05. The van der Waals surface area contributed by atoms with Gasteiger partial charge in [0.25, 0.3) is 0 Å². The van der Waals surface area contributed by atoms with Crippen molar-refractivity contribution < 1.29 is 19.1 Å². The first-order chi connectivity index (χ1) is 16.2. The molecule has 2 amide bonds. The van der Waals surface area contributed by atoms with Gasteiger partial charge in [-0.1, -0.05) is 41.4 Å². The van der Waals surface area contributed by atoms with Crippen LogP contribution in [-0.4, -0.2) is 42.0 Å². The molecule has 1 fully saturated rings. The lowest BCUT2D eigenvalue weighted by atomic mass is 9.80. The van der Waals surface area contributed by atoms with Crippen LogP contribution in [0.4, 0.5) is 5.69 Å². The average Bonchev–Trinajstić information content (AvgIpc) is 3.04. The van der Waals surface area contributed by atoms with E-state index >= 15 is 0 Å². The minimum Gasteiger partial charge on any atom is -0.442 e. The quantitative estimate of drug-likeness (QED) is 0.457. The van der Waals surface area contributed by atoms with Gasteiger partial charge in [0, 0.05) is 41.2 Å². The number of nitrogens with one attached hydrogen (secondary N) is 2. The molecule has 2 aliphatic heterocycles. The van der Waals surface area contributed by atoms with Crippen LogP contribution in [0.25, 0.3) is 0 Å². The molecule has 2 aromatic carbocycles. The third-order valence-electron chi connectivity index (χ3n) is 6.42. The summed E-state index contributed by atoms with van der Waals surface area (Å²) in [6.45, 7) is 3.95. The molecule has 1 saturated heterocycles. The fourth-order valence-electron chi connectivity index (χ4n) is 5.01. The fourth-order valence-corrected chi connectivity index (χ4v) is 5.39. The molecule has 0 aromatic heterocycles. The van der Waals surface area contributed by atoms with E-state index in [9.17, 15) is 14.4 Å². The van der Waals surface area contributed by atoms with Crippen LogP contribution in [0.3, 0.4) is 0 Å². The molecule has 2 N–H and O–H groups in total. The van der Waals surface area contributed by atoms with Gasteiger partial charge >= 0.3 is 5.97 Å². The number of benzene rings is 2. The van der Waals surface area contributed by atoms with Crippen molar-refractivity contribution in [1.82, 2.24) is 10.2 Å². The molecule has 2 heterocycles. The highest BCUT2D eigenvalue weighted by atomic mass is 35.5. The van der Waals surface area contributed by atoms with Gasteiger partial charge in [-0.15, -0.1) is 0 Å². The number of ether oxygens (including phenoxy) is 1. The highest BCUT2D eigenvalue weighted by Gasteiger charge is 2.52. The Bertz CT molecular complexity index is 1130. The molecule has 0 bridgehead atoms. The van der Waals surface area contributed by atoms with Gasteiger partial charge < -0.3 is 15.4 Å². The summed E-state index contributed by atoms with van der Waals surface area (Å²) >= 11 is 12.5. The Kier molecular flexibility index (Phi) is 7.17. The number of rotatable bonds is 6. The number of fused-ring (bicyclic) bond motifs is 1. The molecule has 0 spiro atoms. The molecule has 0 radical (unpaired) electrons. The van der Waals surface area contributed by atoms with E-state index in [4.69, 9.17) is 27.9 Å². The summed E-state index contributed by atoms with van der Waals surface area (Å²) in [7, 11) is 0. The van der Waals surface area contributed by atoms with Gasteiger partial charge in [-0.3, -0.25) is 19.3 Å². The molecular weight excluding hydrogens is 477 g/mol. The molecule has 3 atom stereocenters. The lowest BCUT2D eigenvalue weighted by molar-refractivity contribution is -0.150. The molecule has 180 valence electrons. The maximum absolute atomic E-state index is 13.6. The molecule has 0 saturated carbocycles. The smallest absolute Gasteiger partial charge is 0.304 e. The number of carbonyl (C=O) groups is 3. The minimum absolute atomic E-state index is 0.154. The second kappa shape index (κ2) is 9.94. The van der Waals surface area contributed by atoms with Crippen molar-refractivity contribution in [3.63, 3.8) is 0 Å². The first-order valence-corrected chi connectivity index (χ1v) is 12.0. The summed E-state index contributed by atoms with van der Waals surface area (Å²) in [6.07, 6.45) is 1.09. The van der Waals surface area contributed by atoms with Gasteiger partial charge in [-0.05, 0) is 56.1 Å². The second-order valence-electron chi connectivity index (χ2n) is 8.86. The molecular formula is C25H27Cl2N3O4. The van der Waals surface area contributed by atoms with Gasteiger partial charge in [-0.25, -0.2) is 0 Å². The van der Waals surface area contributed by atoms with E-state index < -0.39 is 17.7 Å². The van der Waals surface area contributed by atoms with E-state index in [0.717, 1.165) is 17.5 Å². The SMILES string of the molecule is CC(=O)OC(C)NC(=O)C1CCCN(C2(Cc3cccc(Cl)c3)C(=O)Nc3cc(Cl)ccc32)C1. The molecule has 7 nitrogen and oxygen atoms in total. The van der Waals surface area contributed by atoms with Gasteiger partial charge in [-0.2, -0.15) is 0 Å². The number of amides is 2. The summed E-state index contributed by atoms with van der Waals surface area (Å²) in [5.74, 6) is -1.17. The zero-order valence-electron chi connectivity index (χ0n) is 19.1. The lowest BCUT2D eigenvalue weighted by Gasteiger charge is -2.44. The molecule has 9 heteroatoms. The Balaban J connectivity index is 1.67. The van der Waals surface area contributed by atoms with Crippen LogP contribution in [0, 0.1) is 5.92 Å². The van der Waals surface area contributed by atoms with Crippen molar-refractivity contribution in [3.05, 3.63) is 63.6 Å². The third kappa shape index (κ3) is 4.92. The number of esters is 1. The Morgan fingerprint density at radius 2 is 2.00 bits per heavy atom. The highest BCUT2D eigenvalue weighted by molar-refractivity contribution is 6.31. The largest absolute Gasteiger partial charge is 0.442 e. The van der Waals surface area contributed by atoms with Gasteiger partial charge in [0.1, 0.15) is 5.54 Å². The molecule has 2 aliphatic rings. The van der Waals surface area contributed by atoms with Crippen LogP contribution >= 0.6 is 23.2 Å². The van der Waals surface area contributed by atoms with Crippen LogP contribution < -0.4 is 10.6 Å². The third-order valence-corrected chi connectivity index (χ3v) is 6.89. The van der Waals surface area contributed by atoms with Crippen LogP contribution in [0.1, 0.15) is 37.8 Å². The van der Waals surface area contributed by atoms with E-state index in [1.165, 1.54) is 6.92 Å². The molecule has 0 aliphatic carbocycles. The van der Waals surface area contributed by atoms with E-state index in [-0.39, 0.29) is 17.7 Å². The standard InChI is InChI=1S/C25H27Cl2N3O4/c1-15(34-16(2)31)28-23(32)18-6-4-10-30(14-18)25(13-17-5-3-7-19(26)11-17)21-9-8-20(27)12-22(21)29-24(25)33/h3,5,7-9,11-12,15,18H,4,6,10,13-14H2,1-2H3,(H,28,32)(H,29,33). The van der Waals surface area contributed by atoms with Crippen molar-refractivity contribution in [3.8, 4) is 0 Å². The van der Waals surface area contributed by atoms with Crippen LogP contribution in [0.5, 0.6) is 0 Å². The molecule has 4 rings (SSSR count). The Morgan fingerprint density at radius 3 is 2.74 bits per heavy atom. The van der Waals surface area contributed by atoms with Crippen LogP contribution in [0.15, 0.2) is 42.5 Å². The number of likely N-dealkylation sites (tertiary alicyclic amines) is 1. The number of anilines is 1. The van der Waals surface area contributed by atoms with E-state index in [0.29, 0.717) is 41.7 Å². The number of nitrogens with zero attached hydrogens (tertiary/aromatic N) is 1. The monoisotopic (exact) mass is 503 g/mol. The average molecular weight is 504 g/mol.